The van der Waals surface area contributed by atoms with E-state index in [0.29, 0.717) is 5.92 Å². The highest BCUT2D eigenvalue weighted by Crippen LogP contribution is 2.24. The van der Waals surface area contributed by atoms with Gasteiger partial charge in [0.2, 0.25) is 0 Å². The van der Waals surface area contributed by atoms with Crippen molar-refractivity contribution < 1.29 is 4.42 Å². The Morgan fingerprint density at radius 3 is 2.56 bits per heavy atom. The molecule has 0 fully saturated rings. The van der Waals surface area contributed by atoms with Crippen LogP contribution in [0.1, 0.15) is 46.1 Å². The third-order valence-electron chi connectivity index (χ3n) is 2.82. The number of benzene rings is 1. The molecule has 0 amide bonds. The smallest absolute Gasteiger partial charge is 0.195 e. The van der Waals surface area contributed by atoms with Gasteiger partial charge in [0.1, 0.15) is 5.52 Å². The van der Waals surface area contributed by atoms with Crippen LogP contribution in [0.25, 0.3) is 11.1 Å². The van der Waals surface area contributed by atoms with Crippen molar-refractivity contribution in [2.75, 3.05) is 0 Å². The molecule has 0 aliphatic heterocycles. The van der Waals surface area contributed by atoms with E-state index in [2.05, 4.69) is 51.7 Å². The molecule has 1 aromatic carbocycles. The molecule has 0 atom stereocenters. The lowest BCUT2D eigenvalue weighted by atomic mass is 9.92. The number of rotatable bonds is 3. The molecule has 0 saturated carbocycles. The fraction of sp³-hybridized carbons (Fsp3) is 0.562. The Bertz CT molecular complexity index is 532. The van der Waals surface area contributed by atoms with Crippen molar-refractivity contribution in [3.63, 3.8) is 0 Å². The van der Waals surface area contributed by atoms with Crippen molar-refractivity contribution in [1.82, 2.24) is 4.98 Å². The van der Waals surface area contributed by atoms with E-state index in [0.717, 1.165) is 29.8 Å². The van der Waals surface area contributed by atoms with Gasteiger partial charge in [-0.1, -0.05) is 40.7 Å². The van der Waals surface area contributed by atoms with Crippen molar-refractivity contribution in [3.05, 3.63) is 29.7 Å². The zero-order valence-electron chi connectivity index (χ0n) is 12.1. The average Bonchev–Trinajstić information content (AvgIpc) is 2.54. The van der Waals surface area contributed by atoms with Crippen LogP contribution in [0.15, 0.2) is 22.6 Å². The number of oxazole rings is 1. The van der Waals surface area contributed by atoms with Gasteiger partial charge in [0, 0.05) is 6.42 Å². The van der Waals surface area contributed by atoms with Gasteiger partial charge in [0.05, 0.1) is 0 Å². The molecular weight excluding hydrogens is 222 g/mol. The van der Waals surface area contributed by atoms with Gasteiger partial charge in [-0.2, -0.15) is 0 Å². The minimum absolute atomic E-state index is 0.210. The summed E-state index contributed by atoms with van der Waals surface area (Å²) in [5.41, 5.74) is 3.45. The Labute approximate surface area is 109 Å². The lowest BCUT2D eigenvalue weighted by Crippen LogP contribution is -2.09. The first kappa shape index (κ1) is 13.1. The molecule has 2 heteroatoms. The first-order valence-electron chi connectivity index (χ1n) is 6.72. The maximum atomic E-state index is 5.79. The molecule has 1 heterocycles. The van der Waals surface area contributed by atoms with Crippen molar-refractivity contribution in [3.8, 4) is 0 Å². The van der Waals surface area contributed by atoms with Crippen molar-refractivity contribution in [1.29, 1.82) is 0 Å². The highest BCUT2D eigenvalue weighted by molar-refractivity contribution is 5.73. The van der Waals surface area contributed by atoms with Crippen LogP contribution in [0.2, 0.25) is 0 Å². The second kappa shape index (κ2) is 4.75. The van der Waals surface area contributed by atoms with Crippen LogP contribution in [0.5, 0.6) is 0 Å². The van der Waals surface area contributed by atoms with E-state index in [1.165, 1.54) is 5.56 Å². The maximum absolute atomic E-state index is 5.79. The van der Waals surface area contributed by atoms with Gasteiger partial charge in [-0.3, -0.25) is 0 Å². The Morgan fingerprint density at radius 1 is 1.22 bits per heavy atom. The summed E-state index contributed by atoms with van der Waals surface area (Å²) in [6.07, 6.45) is 1.97. The molecule has 98 valence electrons. The second-order valence-corrected chi connectivity index (χ2v) is 6.75. The summed E-state index contributed by atoms with van der Waals surface area (Å²) in [6.45, 7) is 11.1. The summed E-state index contributed by atoms with van der Waals surface area (Å²) < 4.78 is 5.79. The monoisotopic (exact) mass is 245 g/mol. The minimum atomic E-state index is 0.210. The molecule has 2 rings (SSSR count). The molecule has 0 saturated heterocycles. The highest BCUT2D eigenvalue weighted by atomic mass is 16.3. The predicted molar refractivity (Wildman–Crippen MR) is 75.7 cm³/mol. The van der Waals surface area contributed by atoms with E-state index in [1.807, 2.05) is 6.07 Å². The zero-order valence-corrected chi connectivity index (χ0v) is 12.1. The second-order valence-electron chi connectivity index (χ2n) is 6.75. The standard InChI is InChI=1S/C16H23NO/c1-11(2)8-12-6-7-14-13(9-12)17-15(18-14)10-16(3,4)5/h6-7,9,11H,8,10H2,1-5H3. The topological polar surface area (TPSA) is 26.0 Å². The first-order valence-corrected chi connectivity index (χ1v) is 6.72. The van der Waals surface area contributed by atoms with Crippen LogP contribution in [0, 0.1) is 11.3 Å². The molecule has 18 heavy (non-hydrogen) atoms. The molecular formula is C16H23NO. The van der Waals surface area contributed by atoms with Gasteiger partial charge in [0.15, 0.2) is 11.5 Å². The Balaban J connectivity index is 2.28. The molecule has 1 aromatic heterocycles. The van der Waals surface area contributed by atoms with Gasteiger partial charge >= 0.3 is 0 Å². The zero-order chi connectivity index (χ0) is 13.3. The summed E-state index contributed by atoms with van der Waals surface area (Å²) in [5.74, 6) is 1.52. The fourth-order valence-corrected chi connectivity index (χ4v) is 2.15. The highest BCUT2D eigenvalue weighted by Gasteiger charge is 2.16. The van der Waals surface area contributed by atoms with Crippen molar-refractivity contribution in [2.45, 2.75) is 47.5 Å². The van der Waals surface area contributed by atoms with E-state index in [4.69, 9.17) is 4.42 Å². The van der Waals surface area contributed by atoms with Crippen LogP contribution in [-0.2, 0) is 12.8 Å². The first-order chi connectivity index (χ1) is 8.33. The summed E-state index contributed by atoms with van der Waals surface area (Å²) in [4.78, 5) is 4.60. The van der Waals surface area contributed by atoms with Crippen LogP contribution in [0.4, 0.5) is 0 Å². The summed E-state index contributed by atoms with van der Waals surface area (Å²) in [7, 11) is 0. The molecule has 2 nitrogen and oxygen atoms in total. The number of fused-ring (bicyclic) bond motifs is 1. The third kappa shape index (κ3) is 3.34. The van der Waals surface area contributed by atoms with Crippen LogP contribution in [-0.4, -0.2) is 4.98 Å². The van der Waals surface area contributed by atoms with Crippen molar-refractivity contribution in [2.24, 2.45) is 11.3 Å². The number of nitrogens with zero attached hydrogens (tertiary/aromatic N) is 1. The predicted octanol–water partition coefficient (Wildman–Crippen LogP) is 4.61. The molecule has 0 aliphatic rings. The lowest BCUT2D eigenvalue weighted by Gasteiger charge is -2.14. The quantitative estimate of drug-likeness (QED) is 0.789. The van der Waals surface area contributed by atoms with E-state index in [-0.39, 0.29) is 5.41 Å². The van der Waals surface area contributed by atoms with E-state index in [1.54, 1.807) is 0 Å². The Kier molecular flexibility index (Phi) is 3.47. The van der Waals surface area contributed by atoms with E-state index in [9.17, 15) is 0 Å². The maximum Gasteiger partial charge on any atom is 0.195 e. The largest absolute Gasteiger partial charge is 0.441 e. The van der Waals surface area contributed by atoms with Gasteiger partial charge in [0.25, 0.3) is 0 Å². The van der Waals surface area contributed by atoms with E-state index < -0.39 is 0 Å². The molecule has 0 spiro atoms. The Hall–Kier alpha value is -1.31. The van der Waals surface area contributed by atoms with Gasteiger partial charge in [-0.15, -0.1) is 0 Å². The molecule has 0 radical (unpaired) electrons. The van der Waals surface area contributed by atoms with Crippen LogP contribution in [0.3, 0.4) is 0 Å². The lowest BCUT2D eigenvalue weighted by molar-refractivity contribution is 0.362. The van der Waals surface area contributed by atoms with Gasteiger partial charge < -0.3 is 4.42 Å². The summed E-state index contributed by atoms with van der Waals surface area (Å²) in [6, 6.07) is 6.35. The minimum Gasteiger partial charge on any atom is -0.441 e. The molecule has 0 bridgehead atoms. The van der Waals surface area contributed by atoms with E-state index >= 15 is 0 Å². The molecule has 0 aliphatic carbocycles. The molecule has 0 unspecified atom stereocenters. The van der Waals surface area contributed by atoms with Gasteiger partial charge in [-0.25, -0.2) is 4.98 Å². The molecule has 2 aromatic rings. The number of hydrogen-bond donors (Lipinski definition) is 0. The SMILES string of the molecule is CC(C)Cc1ccc2oc(CC(C)(C)C)nc2c1. The summed E-state index contributed by atoms with van der Waals surface area (Å²) in [5, 5.41) is 0. The fourth-order valence-electron chi connectivity index (χ4n) is 2.15. The normalized spacial score (nSPS) is 12.6. The number of hydrogen-bond acceptors (Lipinski definition) is 2. The van der Waals surface area contributed by atoms with Crippen LogP contribution < -0.4 is 0 Å². The molecule has 0 N–H and O–H groups in total. The van der Waals surface area contributed by atoms with Gasteiger partial charge in [-0.05, 0) is 35.4 Å². The van der Waals surface area contributed by atoms with Crippen LogP contribution >= 0.6 is 0 Å². The van der Waals surface area contributed by atoms with Crippen molar-refractivity contribution >= 4 is 11.1 Å². The Morgan fingerprint density at radius 2 is 1.94 bits per heavy atom. The summed E-state index contributed by atoms with van der Waals surface area (Å²) >= 11 is 0. The average molecular weight is 245 g/mol. The third-order valence-corrected chi connectivity index (χ3v) is 2.82. The number of aromatic nitrogens is 1.